The second-order valence-corrected chi connectivity index (χ2v) is 11.1. The van der Waals surface area contributed by atoms with Gasteiger partial charge in [0.1, 0.15) is 17.5 Å². The average molecular weight is 560 g/mol. The number of anilines is 1. The number of nitrogens with zero attached hydrogens (tertiary/aromatic N) is 4. The van der Waals surface area contributed by atoms with Gasteiger partial charge in [0.2, 0.25) is 0 Å². The Labute approximate surface area is 241 Å². The van der Waals surface area contributed by atoms with E-state index in [9.17, 15) is 0 Å². The van der Waals surface area contributed by atoms with Crippen molar-refractivity contribution in [2.75, 3.05) is 4.90 Å². The van der Waals surface area contributed by atoms with Crippen LogP contribution >= 0.6 is 23.6 Å². The molecule has 0 bridgehead atoms. The molecule has 40 heavy (non-hydrogen) atoms. The topological polar surface area (TPSA) is 55.2 Å². The van der Waals surface area contributed by atoms with Crippen LogP contribution in [0.15, 0.2) is 116 Å². The van der Waals surface area contributed by atoms with Gasteiger partial charge in [-0.1, -0.05) is 47.2 Å². The minimum atomic E-state index is -0.159. The van der Waals surface area contributed by atoms with E-state index in [1.807, 2.05) is 79.0 Å². The molecule has 0 spiro atoms. The first-order valence-electron chi connectivity index (χ1n) is 13.0. The molecule has 0 radical (unpaired) electrons. The van der Waals surface area contributed by atoms with E-state index in [-0.39, 0.29) is 12.1 Å². The van der Waals surface area contributed by atoms with Crippen molar-refractivity contribution in [2.24, 2.45) is 0 Å². The molecule has 8 heteroatoms. The number of thiocarbonyl (C=S) groups is 1. The average Bonchev–Trinajstić information content (AvgIpc) is 3.71. The summed E-state index contributed by atoms with van der Waals surface area (Å²) in [5.74, 6) is 1.57. The quantitative estimate of drug-likeness (QED) is 0.211. The fourth-order valence-electron chi connectivity index (χ4n) is 5.12. The lowest BCUT2D eigenvalue weighted by molar-refractivity contribution is 0.482. The highest BCUT2D eigenvalue weighted by Crippen LogP contribution is 2.43. The molecule has 6 aromatic rings. The number of rotatable bonds is 6. The summed E-state index contributed by atoms with van der Waals surface area (Å²) < 4.78 is 9.41. The van der Waals surface area contributed by atoms with Gasteiger partial charge in [-0.2, -0.15) is 0 Å². The van der Waals surface area contributed by atoms with Crippen molar-refractivity contribution >= 4 is 44.6 Å². The fourth-order valence-corrected chi connectivity index (χ4v) is 6.44. The Morgan fingerprint density at radius 2 is 1.60 bits per heavy atom. The summed E-state index contributed by atoms with van der Waals surface area (Å²) in [5.41, 5.74) is 5.15. The zero-order valence-electron chi connectivity index (χ0n) is 21.6. The second-order valence-electron chi connectivity index (χ2n) is 9.67. The van der Waals surface area contributed by atoms with Gasteiger partial charge in [-0.05, 0) is 91.9 Å². The molecule has 1 aliphatic rings. The van der Waals surface area contributed by atoms with Crippen LogP contribution in [-0.2, 0) is 0 Å². The van der Waals surface area contributed by atoms with Crippen molar-refractivity contribution in [2.45, 2.75) is 19.0 Å². The van der Waals surface area contributed by atoms with E-state index in [0.29, 0.717) is 5.11 Å². The minimum Gasteiger partial charge on any atom is -0.457 e. The van der Waals surface area contributed by atoms with Gasteiger partial charge in [0.05, 0.1) is 27.6 Å². The molecule has 196 valence electrons. The summed E-state index contributed by atoms with van der Waals surface area (Å²) >= 11 is 7.62. The molecule has 1 N–H and O–H groups in total. The number of nitrogens with one attached hydrogen (secondary N) is 1. The van der Waals surface area contributed by atoms with Crippen molar-refractivity contribution < 1.29 is 4.74 Å². The predicted molar refractivity (Wildman–Crippen MR) is 165 cm³/mol. The molecule has 0 unspecified atom stereocenters. The van der Waals surface area contributed by atoms with Gasteiger partial charge in [0.15, 0.2) is 10.2 Å². The molecule has 1 fully saturated rings. The zero-order chi connectivity index (χ0) is 27.1. The third-order valence-electron chi connectivity index (χ3n) is 7.04. The Morgan fingerprint density at radius 1 is 0.850 bits per heavy atom. The van der Waals surface area contributed by atoms with Gasteiger partial charge in [-0.3, -0.25) is 9.55 Å². The van der Waals surface area contributed by atoms with Crippen molar-refractivity contribution in [1.29, 1.82) is 0 Å². The van der Waals surface area contributed by atoms with Crippen LogP contribution in [-0.4, -0.2) is 19.6 Å². The molecule has 0 aliphatic carbocycles. The molecule has 4 heterocycles. The van der Waals surface area contributed by atoms with Crippen LogP contribution in [0.2, 0.25) is 0 Å². The summed E-state index contributed by atoms with van der Waals surface area (Å²) in [4.78, 5) is 11.8. The molecule has 1 aliphatic heterocycles. The molecular formula is C32H25N5OS2. The summed E-state index contributed by atoms with van der Waals surface area (Å²) in [6.07, 6.45) is 3.89. The van der Waals surface area contributed by atoms with Gasteiger partial charge in [0, 0.05) is 18.1 Å². The molecular weight excluding hydrogens is 535 g/mol. The highest BCUT2D eigenvalue weighted by molar-refractivity contribution is 7.80. The minimum absolute atomic E-state index is 0.153. The molecule has 1 saturated heterocycles. The lowest BCUT2D eigenvalue weighted by atomic mass is 10.0. The molecule has 3 aromatic heterocycles. The Bertz CT molecular complexity index is 1760. The normalized spacial score (nSPS) is 16.8. The number of pyridine rings is 1. The summed E-state index contributed by atoms with van der Waals surface area (Å²) in [6, 6.07) is 34.2. The number of aromatic nitrogens is 3. The first kappa shape index (κ1) is 24.5. The van der Waals surface area contributed by atoms with Crippen LogP contribution < -0.4 is 15.0 Å². The SMILES string of the molecule is Cc1ccc(Oc2ccc(N3C(=S)N[C@H](c4ccccn4)[C@@H]3c3cccn3-c3nc4ccccc4s3)cc2)cc1. The lowest BCUT2D eigenvalue weighted by Crippen LogP contribution is -2.30. The number of hydrogen-bond acceptors (Lipinski definition) is 5. The van der Waals surface area contributed by atoms with Crippen LogP contribution in [0.5, 0.6) is 11.5 Å². The highest BCUT2D eigenvalue weighted by Gasteiger charge is 2.42. The van der Waals surface area contributed by atoms with Crippen LogP contribution in [0.3, 0.4) is 0 Å². The maximum Gasteiger partial charge on any atom is 0.194 e. The highest BCUT2D eigenvalue weighted by atomic mass is 32.1. The number of thiazole rings is 1. The lowest BCUT2D eigenvalue weighted by Gasteiger charge is -2.28. The summed E-state index contributed by atoms with van der Waals surface area (Å²) in [6.45, 7) is 2.06. The fraction of sp³-hybridized carbons (Fsp3) is 0.0938. The van der Waals surface area contributed by atoms with Crippen LogP contribution in [0.1, 0.15) is 29.0 Å². The van der Waals surface area contributed by atoms with Gasteiger partial charge < -0.3 is 15.0 Å². The van der Waals surface area contributed by atoms with Crippen LogP contribution in [0, 0.1) is 6.92 Å². The Balaban J connectivity index is 1.28. The Hall–Kier alpha value is -4.53. The Kier molecular flexibility index (Phi) is 6.26. The van der Waals surface area contributed by atoms with Crippen molar-refractivity contribution in [3.8, 4) is 16.6 Å². The second kappa shape index (κ2) is 10.2. The van der Waals surface area contributed by atoms with Crippen molar-refractivity contribution in [3.63, 3.8) is 0 Å². The van der Waals surface area contributed by atoms with Crippen LogP contribution in [0.25, 0.3) is 15.3 Å². The number of ether oxygens (including phenoxy) is 1. The number of aryl methyl sites for hydroxylation is 1. The van der Waals surface area contributed by atoms with E-state index in [1.54, 1.807) is 11.3 Å². The van der Waals surface area contributed by atoms with Gasteiger partial charge >= 0.3 is 0 Å². The smallest absolute Gasteiger partial charge is 0.194 e. The standard InChI is InChI=1S/C32H25N5OS2/c1-21-11-15-23(16-12-21)38-24-17-13-22(14-18-24)37-30(29(35-31(37)39)26-8-4-5-19-33-26)27-9-6-20-36(27)32-34-25-7-2-3-10-28(25)40-32/h2-20,29-30H,1H3,(H,35,39)/t29-,30+/m1/s1. The molecule has 0 saturated carbocycles. The van der Waals surface area contributed by atoms with E-state index in [1.165, 1.54) is 5.56 Å². The van der Waals surface area contributed by atoms with Crippen LogP contribution in [0.4, 0.5) is 5.69 Å². The third kappa shape index (κ3) is 4.51. The van der Waals surface area contributed by atoms with E-state index in [2.05, 4.69) is 58.2 Å². The number of fused-ring (bicyclic) bond motifs is 1. The van der Waals surface area contributed by atoms with Gasteiger partial charge in [0.25, 0.3) is 0 Å². The van der Waals surface area contributed by atoms with Gasteiger partial charge in [-0.15, -0.1) is 0 Å². The molecule has 3 aromatic carbocycles. The predicted octanol–water partition coefficient (Wildman–Crippen LogP) is 7.76. The molecule has 0 amide bonds. The summed E-state index contributed by atoms with van der Waals surface area (Å²) in [5, 5.41) is 5.12. The summed E-state index contributed by atoms with van der Waals surface area (Å²) in [7, 11) is 0. The van der Waals surface area contributed by atoms with E-state index in [4.69, 9.17) is 26.9 Å². The van der Waals surface area contributed by atoms with Crippen molar-refractivity contribution in [3.05, 3.63) is 132 Å². The maximum absolute atomic E-state index is 6.09. The molecule has 7 rings (SSSR count). The first-order valence-corrected chi connectivity index (χ1v) is 14.2. The largest absolute Gasteiger partial charge is 0.457 e. The molecule has 2 atom stereocenters. The zero-order valence-corrected chi connectivity index (χ0v) is 23.3. The van der Waals surface area contributed by atoms with Crippen molar-refractivity contribution in [1.82, 2.24) is 19.9 Å². The number of hydrogen-bond donors (Lipinski definition) is 1. The monoisotopic (exact) mass is 559 g/mol. The van der Waals surface area contributed by atoms with Gasteiger partial charge in [-0.25, -0.2) is 4.98 Å². The van der Waals surface area contributed by atoms with E-state index >= 15 is 0 Å². The third-order valence-corrected chi connectivity index (χ3v) is 8.39. The molecule has 6 nitrogen and oxygen atoms in total. The number of para-hydroxylation sites is 1. The van der Waals surface area contributed by atoms with E-state index < -0.39 is 0 Å². The maximum atomic E-state index is 6.09. The van der Waals surface area contributed by atoms with E-state index in [0.717, 1.165) is 43.9 Å². The Morgan fingerprint density at radius 3 is 2.35 bits per heavy atom. The first-order chi connectivity index (χ1) is 19.6. The number of benzene rings is 3.